The first-order valence-corrected chi connectivity index (χ1v) is 7.17. The van der Waals surface area contributed by atoms with E-state index in [1.807, 2.05) is 11.8 Å². The summed E-state index contributed by atoms with van der Waals surface area (Å²) in [6.07, 6.45) is 2.79. The van der Waals surface area contributed by atoms with Gasteiger partial charge in [-0.15, -0.1) is 0 Å². The molecular weight excluding hydrogens is 232 g/mol. The summed E-state index contributed by atoms with van der Waals surface area (Å²) in [6, 6.07) is 0.576. The molecule has 0 aromatic carbocycles. The van der Waals surface area contributed by atoms with E-state index in [0.29, 0.717) is 17.8 Å². The molecule has 4 nitrogen and oxygen atoms in total. The number of rotatable bonds is 3. The molecular formula is C12H20N4S. The number of anilines is 2. The van der Waals surface area contributed by atoms with Crippen LogP contribution in [0.25, 0.3) is 0 Å². The van der Waals surface area contributed by atoms with Crippen LogP contribution >= 0.6 is 11.8 Å². The summed E-state index contributed by atoms with van der Waals surface area (Å²) < 4.78 is 0. The van der Waals surface area contributed by atoms with Crippen molar-refractivity contribution in [2.75, 3.05) is 29.2 Å². The van der Waals surface area contributed by atoms with Gasteiger partial charge in [0.2, 0.25) is 0 Å². The highest BCUT2D eigenvalue weighted by molar-refractivity contribution is 7.99. The van der Waals surface area contributed by atoms with Crippen molar-refractivity contribution in [3.63, 3.8) is 0 Å². The molecule has 0 bridgehead atoms. The molecule has 0 aliphatic carbocycles. The number of thioether (sulfide) groups is 1. The highest BCUT2D eigenvalue weighted by Crippen LogP contribution is 2.32. The van der Waals surface area contributed by atoms with Crippen LogP contribution in [0.15, 0.2) is 6.33 Å². The second-order valence-corrected chi connectivity index (χ2v) is 5.93. The predicted molar refractivity (Wildman–Crippen MR) is 74.7 cm³/mol. The van der Waals surface area contributed by atoms with Gasteiger partial charge in [-0.1, -0.05) is 13.8 Å². The third-order valence-corrected chi connectivity index (χ3v) is 4.40. The molecule has 17 heavy (non-hydrogen) atoms. The van der Waals surface area contributed by atoms with Gasteiger partial charge in [-0.3, -0.25) is 0 Å². The van der Waals surface area contributed by atoms with E-state index < -0.39 is 0 Å². The minimum atomic E-state index is 0.350. The molecule has 94 valence electrons. The standard InChI is InChI=1S/C12H20N4S/c1-8(2)10-11(13)14-7-15-12(10)16(3)9-4-5-17-6-9/h7-9H,4-6H2,1-3H3,(H2,13,14,15). The van der Waals surface area contributed by atoms with E-state index in [1.54, 1.807) is 6.33 Å². The lowest BCUT2D eigenvalue weighted by Gasteiger charge is -2.28. The van der Waals surface area contributed by atoms with Crippen LogP contribution in [0.4, 0.5) is 11.6 Å². The molecule has 1 atom stereocenters. The maximum Gasteiger partial charge on any atom is 0.137 e. The van der Waals surface area contributed by atoms with Crippen molar-refractivity contribution >= 4 is 23.4 Å². The van der Waals surface area contributed by atoms with E-state index in [9.17, 15) is 0 Å². The summed E-state index contributed by atoms with van der Waals surface area (Å²) in [7, 11) is 2.12. The van der Waals surface area contributed by atoms with Crippen molar-refractivity contribution in [2.45, 2.75) is 32.2 Å². The van der Waals surface area contributed by atoms with Crippen LogP contribution in [-0.4, -0.2) is 34.6 Å². The van der Waals surface area contributed by atoms with E-state index in [4.69, 9.17) is 5.73 Å². The monoisotopic (exact) mass is 252 g/mol. The van der Waals surface area contributed by atoms with E-state index in [1.165, 1.54) is 17.9 Å². The van der Waals surface area contributed by atoms with Crippen LogP contribution in [0.1, 0.15) is 31.7 Å². The Morgan fingerprint density at radius 2 is 2.24 bits per heavy atom. The van der Waals surface area contributed by atoms with Gasteiger partial charge in [0.1, 0.15) is 18.0 Å². The van der Waals surface area contributed by atoms with Gasteiger partial charge in [-0.2, -0.15) is 11.8 Å². The number of nitrogens with zero attached hydrogens (tertiary/aromatic N) is 3. The van der Waals surface area contributed by atoms with E-state index in [-0.39, 0.29) is 0 Å². The van der Waals surface area contributed by atoms with Gasteiger partial charge in [0.05, 0.1) is 0 Å². The maximum atomic E-state index is 5.98. The third kappa shape index (κ3) is 2.49. The summed E-state index contributed by atoms with van der Waals surface area (Å²) in [5.41, 5.74) is 7.05. The molecule has 2 rings (SSSR count). The average Bonchev–Trinajstić information content (AvgIpc) is 2.80. The van der Waals surface area contributed by atoms with Crippen molar-refractivity contribution in [3.8, 4) is 0 Å². The van der Waals surface area contributed by atoms with Gasteiger partial charge in [-0.25, -0.2) is 9.97 Å². The van der Waals surface area contributed by atoms with Crippen molar-refractivity contribution in [1.82, 2.24) is 9.97 Å². The highest BCUT2D eigenvalue weighted by Gasteiger charge is 2.24. The fraction of sp³-hybridized carbons (Fsp3) is 0.667. The Morgan fingerprint density at radius 1 is 1.47 bits per heavy atom. The smallest absolute Gasteiger partial charge is 0.137 e. The zero-order chi connectivity index (χ0) is 12.4. The second-order valence-electron chi connectivity index (χ2n) is 4.78. The Morgan fingerprint density at radius 3 is 2.82 bits per heavy atom. The molecule has 1 aliphatic heterocycles. The lowest BCUT2D eigenvalue weighted by molar-refractivity contribution is 0.681. The molecule has 0 radical (unpaired) electrons. The number of hydrogen-bond acceptors (Lipinski definition) is 5. The first kappa shape index (κ1) is 12.5. The summed E-state index contributed by atoms with van der Waals surface area (Å²) >= 11 is 2.01. The Kier molecular flexibility index (Phi) is 3.76. The van der Waals surface area contributed by atoms with Gasteiger partial charge in [-0.05, 0) is 18.1 Å². The molecule has 0 spiro atoms. The molecule has 2 heterocycles. The van der Waals surface area contributed by atoms with E-state index in [0.717, 1.165) is 11.4 Å². The normalized spacial score (nSPS) is 19.9. The summed E-state index contributed by atoms with van der Waals surface area (Å²) in [5.74, 6) is 4.38. The second kappa shape index (κ2) is 5.12. The number of nitrogen functional groups attached to an aromatic ring is 1. The molecule has 1 aliphatic rings. The predicted octanol–water partition coefficient (Wildman–Crippen LogP) is 2.12. The topological polar surface area (TPSA) is 55.0 Å². The Hall–Kier alpha value is -0.970. The van der Waals surface area contributed by atoms with Crippen molar-refractivity contribution in [2.24, 2.45) is 0 Å². The van der Waals surface area contributed by atoms with Crippen molar-refractivity contribution in [3.05, 3.63) is 11.9 Å². The molecule has 1 fully saturated rings. The van der Waals surface area contributed by atoms with Crippen LogP contribution in [-0.2, 0) is 0 Å². The molecule has 5 heteroatoms. The quantitative estimate of drug-likeness (QED) is 0.893. The molecule has 1 unspecified atom stereocenters. The Labute approximate surface area is 107 Å². The van der Waals surface area contributed by atoms with Gasteiger partial charge in [0, 0.05) is 24.4 Å². The molecule has 1 aromatic heterocycles. The molecule has 0 saturated carbocycles. The van der Waals surface area contributed by atoms with E-state index >= 15 is 0 Å². The number of hydrogen-bond donors (Lipinski definition) is 1. The average molecular weight is 252 g/mol. The SMILES string of the molecule is CC(C)c1c(N)ncnc1N(C)C1CCSC1. The molecule has 1 saturated heterocycles. The van der Waals surface area contributed by atoms with Gasteiger partial charge in [0.25, 0.3) is 0 Å². The van der Waals surface area contributed by atoms with Crippen LogP contribution < -0.4 is 10.6 Å². The third-order valence-electron chi connectivity index (χ3n) is 3.26. The van der Waals surface area contributed by atoms with Crippen LogP contribution in [0, 0.1) is 0 Å². The molecule has 2 N–H and O–H groups in total. The van der Waals surface area contributed by atoms with Crippen LogP contribution in [0.5, 0.6) is 0 Å². The summed E-state index contributed by atoms with van der Waals surface area (Å²) in [6.45, 7) is 4.27. The Balaban J connectivity index is 2.33. The van der Waals surface area contributed by atoms with Crippen LogP contribution in [0.2, 0.25) is 0 Å². The van der Waals surface area contributed by atoms with Gasteiger partial charge in [0.15, 0.2) is 0 Å². The Bertz CT molecular complexity index is 388. The fourth-order valence-electron chi connectivity index (χ4n) is 2.23. The minimum absolute atomic E-state index is 0.350. The van der Waals surface area contributed by atoms with Gasteiger partial charge >= 0.3 is 0 Å². The first-order valence-electron chi connectivity index (χ1n) is 6.02. The molecule has 0 amide bonds. The fourth-order valence-corrected chi connectivity index (χ4v) is 3.50. The van der Waals surface area contributed by atoms with Crippen LogP contribution in [0.3, 0.4) is 0 Å². The number of aromatic nitrogens is 2. The highest BCUT2D eigenvalue weighted by atomic mass is 32.2. The van der Waals surface area contributed by atoms with Gasteiger partial charge < -0.3 is 10.6 Å². The lowest BCUT2D eigenvalue weighted by Crippen LogP contribution is -2.33. The summed E-state index contributed by atoms with van der Waals surface area (Å²) in [4.78, 5) is 10.8. The van der Waals surface area contributed by atoms with Crippen molar-refractivity contribution < 1.29 is 0 Å². The summed E-state index contributed by atoms with van der Waals surface area (Å²) in [5, 5.41) is 0. The lowest BCUT2D eigenvalue weighted by atomic mass is 10.0. The first-order chi connectivity index (χ1) is 8.11. The number of nitrogens with two attached hydrogens (primary N) is 1. The minimum Gasteiger partial charge on any atom is -0.383 e. The van der Waals surface area contributed by atoms with E-state index in [2.05, 4.69) is 35.8 Å². The molecule has 1 aromatic rings. The zero-order valence-corrected chi connectivity index (χ0v) is 11.5. The van der Waals surface area contributed by atoms with Crippen molar-refractivity contribution in [1.29, 1.82) is 0 Å². The zero-order valence-electron chi connectivity index (χ0n) is 10.7. The largest absolute Gasteiger partial charge is 0.383 e. The maximum absolute atomic E-state index is 5.98.